The van der Waals surface area contributed by atoms with E-state index in [0.717, 1.165) is 6.07 Å². The molecule has 1 aromatic carbocycles. The van der Waals surface area contributed by atoms with Crippen LogP contribution in [-0.4, -0.2) is 13.6 Å². The average Bonchev–Trinajstić information content (AvgIpc) is 2.76. The number of nitrogens with two attached hydrogens (primary N) is 1. The van der Waals surface area contributed by atoms with Crippen LogP contribution in [0.15, 0.2) is 27.6 Å². The zero-order valence-corrected chi connectivity index (χ0v) is 12.5. The lowest BCUT2D eigenvalue weighted by molar-refractivity contribution is 0.392. The summed E-state index contributed by atoms with van der Waals surface area (Å²) < 4.78 is 45.4. The van der Waals surface area contributed by atoms with Crippen LogP contribution < -0.4 is 10.5 Å². The predicted octanol–water partition coefficient (Wildman–Crippen LogP) is 1.37. The number of hydrogen-bond donors (Lipinski definition) is 2. The second kappa shape index (κ2) is 5.92. The Bertz CT molecular complexity index is 737. The van der Waals surface area contributed by atoms with E-state index in [4.69, 9.17) is 10.3 Å². The van der Waals surface area contributed by atoms with Gasteiger partial charge in [-0.05, 0) is 31.5 Å². The Hall–Kier alpha value is -1.77. The van der Waals surface area contributed by atoms with E-state index in [1.807, 2.05) is 0 Å². The van der Waals surface area contributed by atoms with E-state index in [2.05, 4.69) is 9.88 Å². The molecule has 21 heavy (non-hydrogen) atoms. The summed E-state index contributed by atoms with van der Waals surface area (Å²) in [5, 5.41) is 3.73. The maximum Gasteiger partial charge on any atom is 0.243 e. The van der Waals surface area contributed by atoms with E-state index in [0.29, 0.717) is 22.6 Å². The van der Waals surface area contributed by atoms with Crippen molar-refractivity contribution in [2.45, 2.75) is 31.8 Å². The second-order valence-corrected chi connectivity index (χ2v) is 6.33. The summed E-state index contributed by atoms with van der Waals surface area (Å²) in [5.74, 6) is -0.301. The molecule has 0 aliphatic carbocycles. The highest BCUT2D eigenvalue weighted by atomic mass is 32.2. The van der Waals surface area contributed by atoms with E-state index in [1.165, 1.54) is 12.1 Å². The summed E-state index contributed by atoms with van der Waals surface area (Å²) in [5.41, 5.74) is 7.20. The molecule has 3 N–H and O–H groups in total. The van der Waals surface area contributed by atoms with Crippen LogP contribution in [0, 0.1) is 19.7 Å². The van der Waals surface area contributed by atoms with Gasteiger partial charge in [-0.15, -0.1) is 0 Å². The summed E-state index contributed by atoms with van der Waals surface area (Å²) in [7, 11) is -3.98. The number of nitrogens with zero attached hydrogens (tertiary/aromatic N) is 1. The van der Waals surface area contributed by atoms with Gasteiger partial charge < -0.3 is 10.3 Å². The van der Waals surface area contributed by atoms with Gasteiger partial charge >= 0.3 is 0 Å². The largest absolute Gasteiger partial charge is 0.361 e. The number of benzene rings is 1. The molecule has 6 nitrogen and oxygen atoms in total. The van der Waals surface area contributed by atoms with Gasteiger partial charge in [0.25, 0.3) is 0 Å². The zero-order chi connectivity index (χ0) is 15.6. The van der Waals surface area contributed by atoms with E-state index >= 15 is 0 Å². The number of sulfonamides is 1. The number of rotatable bonds is 5. The van der Waals surface area contributed by atoms with Gasteiger partial charge in [0, 0.05) is 18.7 Å². The van der Waals surface area contributed by atoms with Crippen molar-refractivity contribution >= 4 is 10.0 Å². The van der Waals surface area contributed by atoms with Gasteiger partial charge in [0.2, 0.25) is 10.0 Å². The third-order valence-electron chi connectivity index (χ3n) is 3.14. The van der Waals surface area contributed by atoms with Crippen LogP contribution in [-0.2, 0) is 23.1 Å². The Morgan fingerprint density at radius 1 is 1.38 bits per heavy atom. The van der Waals surface area contributed by atoms with Crippen molar-refractivity contribution in [1.29, 1.82) is 0 Å². The maximum absolute atomic E-state index is 13.7. The number of aromatic nitrogens is 1. The van der Waals surface area contributed by atoms with Crippen molar-refractivity contribution in [1.82, 2.24) is 9.88 Å². The summed E-state index contributed by atoms with van der Waals surface area (Å²) in [6, 6.07) is 3.76. The lowest BCUT2D eigenvalue weighted by Gasteiger charge is -2.09. The molecule has 0 unspecified atom stereocenters. The molecule has 8 heteroatoms. The molecule has 0 aliphatic heterocycles. The number of nitrogens with one attached hydrogen (secondary N) is 1. The molecule has 0 radical (unpaired) electrons. The highest BCUT2D eigenvalue weighted by Gasteiger charge is 2.20. The monoisotopic (exact) mass is 313 g/mol. The molecule has 0 fully saturated rings. The molecule has 114 valence electrons. The Labute approximate surface area is 122 Å². The number of halogens is 1. The number of hydrogen-bond acceptors (Lipinski definition) is 5. The molecule has 2 rings (SSSR count). The highest BCUT2D eigenvalue weighted by Crippen LogP contribution is 2.18. The Morgan fingerprint density at radius 3 is 2.67 bits per heavy atom. The minimum atomic E-state index is -3.98. The topological polar surface area (TPSA) is 98.2 Å². The zero-order valence-electron chi connectivity index (χ0n) is 11.7. The molecule has 0 bridgehead atoms. The fraction of sp³-hybridized carbons (Fsp3) is 0.308. The van der Waals surface area contributed by atoms with Crippen molar-refractivity contribution in [2.24, 2.45) is 5.73 Å². The fourth-order valence-corrected chi connectivity index (χ4v) is 3.00. The van der Waals surface area contributed by atoms with Crippen molar-refractivity contribution in [2.75, 3.05) is 0 Å². The van der Waals surface area contributed by atoms with Crippen LogP contribution in [0.25, 0.3) is 0 Å². The lowest BCUT2D eigenvalue weighted by Crippen LogP contribution is -2.25. The van der Waals surface area contributed by atoms with Gasteiger partial charge in [0.15, 0.2) is 0 Å². The van der Waals surface area contributed by atoms with Gasteiger partial charge in [-0.2, -0.15) is 0 Å². The first kappa shape index (κ1) is 15.6. The Kier molecular flexibility index (Phi) is 4.40. The van der Waals surface area contributed by atoms with Crippen LogP contribution in [0.1, 0.15) is 22.6 Å². The molecule has 0 saturated heterocycles. The first-order valence-electron chi connectivity index (χ1n) is 6.25. The lowest BCUT2D eigenvalue weighted by atomic mass is 10.2. The van der Waals surface area contributed by atoms with E-state index in [1.54, 1.807) is 13.8 Å². The molecule has 1 heterocycles. The molecule has 0 aliphatic rings. The van der Waals surface area contributed by atoms with Crippen molar-refractivity contribution < 1.29 is 17.3 Å². The van der Waals surface area contributed by atoms with E-state index in [-0.39, 0.29) is 13.1 Å². The van der Waals surface area contributed by atoms with Gasteiger partial charge in [-0.25, -0.2) is 17.5 Å². The highest BCUT2D eigenvalue weighted by molar-refractivity contribution is 7.89. The van der Waals surface area contributed by atoms with E-state index in [9.17, 15) is 12.8 Å². The van der Waals surface area contributed by atoms with Crippen LogP contribution in [0.5, 0.6) is 0 Å². The second-order valence-electron chi connectivity index (χ2n) is 4.60. The van der Waals surface area contributed by atoms with Crippen molar-refractivity contribution in [3.8, 4) is 0 Å². The third-order valence-corrected chi connectivity index (χ3v) is 4.56. The molecular weight excluding hydrogens is 297 g/mol. The average molecular weight is 313 g/mol. The SMILES string of the molecule is Cc1noc(C)c1CNS(=O)(=O)c1cc(CN)ccc1F. The Balaban J connectivity index is 2.27. The van der Waals surface area contributed by atoms with Gasteiger partial charge in [-0.3, -0.25) is 0 Å². The van der Waals surface area contributed by atoms with Gasteiger partial charge in [0.1, 0.15) is 16.5 Å². The predicted molar refractivity (Wildman–Crippen MR) is 74.3 cm³/mol. The number of aryl methyl sites for hydroxylation is 2. The molecule has 0 spiro atoms. The molecule has 0 saturated carbocycles. The first-order chi connectivity index (χ1) is 9.85. The van der Waals surface area contributed by atoms with Crippen LogP contribution in [0.4, 0.5) is 4.39 Å². The van der Waals surface area contributed by atoms with Crippen molar-refractivity contribution in [3.05, 3.63) is 46.6 Å². The van der Waals surface area contributed by atoms with Crippen molar-refractivity contribution in [3.63, 3.8) is 0 Å². The quantitative estimate of drug-likeness (QED) is 0.868. The van der Waals surface area contributed by atoms with E-state index < -0.39 is 20.7 Å². The summed E-state index contributed by atoms with van der Waals surface area (Å²) in [4.78, 5) is -0.419. The van der Waals surface area contributed by atoms with Crippen LogP contribution in [0.2, 0.25) is 0 Å². The normalized spacial score (nSPS) is 11.8. The standard InChI is InChI=1S/C13H16FN3O3S/c1-8-11(9(2)20-17-8)7-16-21(18,19)13-5-10(6-15)3-4-12(13)14/h3-5,16H,6-7,15H2,1-2H3. The molecule has 0 atom stereocenters. The van der Waals surface area contributed by atoms with Gasteiger partial charge in [-0.1, -0.05) is 11.2 Å². The summed E-state index contributed by atoms with van der Waals surface area (Å²) in [6.07, 6.45) is 0. The molecule has 0 amide bonds. The minimum Gasteiger partial charge on any atom is -0.361 e. The smallest absolute Gasteiger partial charge is 0.243 e. The third kappa shape index (κ3) is 3.29. The first-order valence-corrected chi connectivity index (χ1v) is 7.73. The van der Waals surface area contributed by atoms with Gasteiger partial charge in [0.05, 0.1) is 5.69 Å². The van der Waals surface area contributed by atoms with Crippen LogP contribution in [0.3, 0.4) is 0 Å². The maximum atomic E-state index is 13.7. The molecule has 1 aromatic heterocycles. The molecule has 2 aromatic rings. The summed E-state index contributed by atoms with van der Waals surface area (Å²) in [6.45, 7) is 3.50. The Morgan fingerprint density at radius 2 is 2.10 bits per heavy atom. The fourth-order valence-electron chi connectivity index (χ4n) is 1.88. The molecular formula is C13H16FN3O3S. The van der Waals surface area contributed by atoms with Crippen LogP contribution >= 0.6 is 0 Å². The summed E-state index contributed by atoms with van der Waals surface area (Å²) >= 11 is 0. The minimum absolute atomic E-state index is 0.0181.